The lowest BCUT2D eigenvalue weighted by atomic mass is 10.3. The smallest absolute Gasteiger partial charge is 0.508 e. The molecule has 1 unspecified atom stereocenters. The highest BCUT2D eigenvalue weighted by Gasteiger charge is 2.15. The van der Waals surface area contributed by atoms with Crippen LogP contribution in [0.5, 0.6) is 5.75 Å². The van der Waals surface area contributed by atoms with Crippen molar-refractivity contribution in [3.05, 3.63) is 24.3 Å². The van der Waals surface area contributed by atoms with E-state index in [1.165, 1.54) is 24.3 Å². The fraction of sp³-hybridized carbons (Fsp3) is 0. The Morgan fingerprint density at radius 2 is 2.10 bits per heavy atom. The van der Waals surface area contributed by atoms with E-state index in [0.29, 0.717) is 0 Å². The Bertz CT molecular complexity index is 259. The molecule has 0 spiro atoms. The van der Waals surface area contributed by atoms with E-state index in [4.69, 9.17) is 10.00 Å². The van der Waals surface area contributed by atoms with Crippen molar-refractivity contribution in [2.75, 3.05) is 0 Å². The maximum atomic E-state index is 10.4. The molecule has 0 amide bonds. The molecule has 10 heavy (non-hydrogen) atoms. The molecule has 2 N–H and O–H groups in total. The van der Waals surface area contributed by atoms with Crippen LogP contribution >= 0.6 is 8.03 Å². The average Bonchev–Trinajstić information content (AvgIpc) is 1.88. The summed E-state index contributed by atoms with van der Waals surface area (Å²) in [5.74, 6) is 0.00917. The van der Waals surface area contributed by atoms with Crippen molar-refractivity contribution >= 4 is 13.3 Å². The number of benzene rings is 1. The van der Waals surface area contributed by atoms with Crippen molar-refractivity contribution in [3.63, 3.8) is 0 Å². The lowest BCUT2D eigenvalue weighted by Crippen LogP contribution is -1.92. The predicted molar refractivity (Wildman–Crippen MR) is 37.6 cm³/mol. The number of phenols is 1. The first-order valence-electron chi connectivity index (χ1n) is 2.65. The summed E-state index contributed by atoms with van der Waals surface area (Å²) in [6.45, 7) is 0. The highest BCUT2D eigenvalue weighted by atomic mass is 31.1. The SMILES string of the molecule is O=[P+](O)c1cccc(O)c1. The van der Waals surface area contributed by atoms with Crippen molar-refractivity contribution in [1.29, 1.82) is 0 Å². The van der Waals surface area contributed by atoms with E-state index in [-0.39, 0.29) is 11.1 Å². The van der Waals surface area contributed by atoms with Gasteiger partial charge < -0.3 is 5.11 Å². The van der Waals surface area contributed by atoms with Crippen LogP contribution in [-0.4, -0.2) is 10.00 Å². The quantitative estimate of drug-likeness (QED) is 0.591. The van der Waals surface area contributed by atoms with Crippen molar-refractivity contribution in [2.24, 2.45) is 0 Å². The summed E-state index contributed by atoms with van der Waals surface area (Å²) < 4.78 is 10.4. The van der Waals surface area contributed by atoms with Gasteiger partial charge in [-0.15, -0.1) is 0 Å². The summed E-state index contributed by atoms with van der Waals surface area (Å²) in [7, 11) is -2.32. The van der Waals surface area contributed by atoms with E-state index in [2.05, 4.69) is 0 Å². The Balaban J connectivity index is 3.07. The first-order valence-corrected chi connectivity index (χ1v) is 3.86. The number of phenolic OH excluding ortho intramolecular Hbond substituents is 1. The highest BCUT2D eigenvalue weighted by Crippen LogP contribution is 2.15. The van der Waals surface area contributed by atoms with Crippen LogP contribution in [0.2, 0.25) is 0 Å². The summed E-state index contributed by atoms with van der Waals surface area (Å²) >= 11 is 0. The third-order valence-electron chi connectivity index (χ3n) is 1.05. The summed E-state index contributed by atoms with van der Waals surface area (Å²) in [5.41, 5.74) is 0. The summed E-state index contributed by atoms with van der Waals surface area (Å²) in [6.07, 6.45) is 0. The molecule has 1 rings (SSSR count). The van der Waals surface area contributed by atoms with Gasteiger partial charge in [0.1, 0.15) is 5.75 Å². The molecule has 0 heterocycles. The molecule has 52 valence electrons. The number of aromatic hydroxyl groups is 1. The van der Waals surface area contributed by atoms with Crippen LogP contribution in [-0.2, 0) is 4.57 Å². The van der Waals surface area contributed by atoms with Gasteiger partial charge in [-0.3, -0.25) is 0 Å². The zero-order valence-corrected chi connectivity index (χ0v) is 5.95. The van der Waals surface area contributed by atoms with Gasteiger partial charge in [-0.2, -0.15) is 4.89 Å². The molecule has 1 aromatic rings. The summed E-state index contributed by atoms with van der Waals surface area (Å²) in [4.78, 5) is 8.55. The molecule has 0 radical (unpaired) electrons. The third kappa shape index (κ3) is 1.53. The van der Waals surface area contributed by atoms with Crippen LogP contribution in [0.4, 0.5) is 0 Å². The Kier molecular flexibility index (Phi) is 2.00. The predicted octanol–water partition coefficient (Wildman–Crippen LogP) is 0.752. The number of hydrogen-bond acceptors (Lipinski definition) is 2. The van der Waals surface area contributed by atoms with E-state index in [1.54, 1.807) is 0 Å². The molecule has 4 heteroatoms. The Morgan fingerprint density at radius 3 is 2.50 bits per heavy atom. The molecule has 0 aliphatic rings. The fourth-order valence-electron chi connectivity index (χ4n) is 0.612. The second-order valence-corrected chi connectivity index (χ2v) is 2.86. The molecule has 0 aliphatic carbocycles. The van der Waals surface area contributed by atoms with Gasteiger partial charge >= 0.3 is 8.03 Å². The third-order valence-corrected chi connectivity index (χ3v) is 1.77. The van der Waals surface area contributed by atoms with Crippen LogP contribution in [0.3, 0.4) is 0 Å². The zero-order chi connectivity index (χ0) is 7.56. The van der Waals surface area contributed by atoms with Crippen LogP contribution in [0.25, 0.3) is 0 Å². The Morgan fingerprint density at radius 1 is 1.40 bits per heavy atom. The summed E-state index contributed by atoms with van der Waals surface area (Å²) in [6, 6.07) is 5.72. The Labute approximate surface area is 58.8 Å². The van der Waals surface area contributed by atoms with E-state index >= 15 is 0 Å². The first kappa shape index (κ1) is 7.19. The second kappa shape index (κ2) is 2.78. The minimum Gasteiger partial charge on any atom is -0.508 e. The van der Waals surface area contributed by atoms with Crippen LogP contribution in [0.1, 0.15) is 0 Å². The molecule has 0 bridgehead atoms. The zero-order valence-electron chi connectivity index (χ0n) is 5.06. The van der Waals surface area contributed by atoms with Gasteiger partial charge in [-0.1, -0.05) is 6.07 Å². The topological polar surface area (TPSA) is 57.5 Å². The molecule has 0 aliphatic heterocycles. The molecular formula is C6H6O3P+. The standard InChI is InChI=1S/C6H5O3P/c7-5-2-1-3-6(4-5)10(8)9/h1-4H,(H-,7,8,9)/p+1. The van der Waals surface area contributed by atoms with Gasteiger partial charge in [0.05, 0.1) is 0 Å². The van der Waals surface area contributed by atoms with E-state index in [9.17, 15) is 4.57 Å². The van der Waals surface area contributed by atoms with Crippen molar-refractivity contribution < 1.29 is 14.6 Å². The Hall–Kier alpha value is -0.920. The van der Waals surface area contributed by atoms with Crippen molar-refractivity contribution in [1.82, 2.24) is 0 Å². The van der Waals surface area contributed by atoms with Crippen molar-refractivity contribution in [2.45, 2.75) is 0 Å². The minimum atomic E-state index is -2.32. The number of rotatable bonds is 1. The van der Waals surface area contributed by atoms with Crippen LogP contribution in [0, 0.1) is 0 Å². The largest absolute Gasteiger partial charge is 0.546 e. The first-order chi connectivity index (χ1) is 4.70. The van der Waals surface area contributed by atoms with Gasteiger partial charge in [0.15, 0.2) is 0 Å². The van der Waals surface area contributed by atoms with E-state index in [1.807, 2.05) is 0 Å². The molecule has 1 aromatic carbocycles. The van der Waals surface area contributed by atoms with Crippen LogP contribution in [0.15, 0.2) is 24.3 Å². The van der Waals surface area contributed by atoms with E-state index < -0.39 is 8.03 Å². The van der Waals surface area contributed by atoms with Crippen molar-refractivity contribution in [3.8, 4) is 5.75 Å². The highest BCUT2D eigenvalue weighted by molar-refractivity contribution is 7.47. The van der Waals surface area contributed by atoms with Crippen LogP contribution < -0.4 is 5.30 Å². The van der Waals surface area contributed by atoms with Gasteiger partial charge in [0, 0.05) is 6.07 Å². The van der Waals surface area contributed by atoms with Gasteiger partial charge in [-0.05, 0) is 16.7 Å². The maximum Gasteiger partial charge on any atom is 0.546 e. The molecule has 0 aromatic heterocycles. The van der Waals surface area contributed by atoms with Gasteiger partial charge in [0.25, 0.3) is 0 Å². The molecule has 3 nitrogen and oxygen atoms in total. The molecule has 0 saturated carbocycles. The number of hydrogen-bond donors (Lipinski definition) is 2. The minimum absolute atomic E-state index is 0.00917. The summed E-state index contributed by atoms with van der Waals surface area (Å²) in [5, 5.41) is 9.07. The lowest BCUT2D eigenvalue weighted by Gasteiger charge is -1.85. The molecular weight excluding hydrogens is 151 g/mol. The fourth-order valence-corrected chi connectivity index (χ4v) is 1.07. The normalized spacial score (nSPS) is 11.1. The van der Waals surface area contributed by atoms with Gasteiger partial charge in [0.2, 0.25) is 5.30 Å². The molecule has 1 atom stereocenters. The second-order valence-electron chi connectivity index (χ2n) is 1.79. The maximum absolute atomic E-state index is 10.4. The van der Waals surface area contributed by atoms with Gasteiger partial charge in [-0.25, -0.2) is 0 Å². The monoisotopic (exact) mass is 157 g/mol. The lowest BCUT2D eigenvalue weighted by molar-refractivity contribution is 0.475. The molecule has 0 saturated heterocycles. The molecule has 0 fully saturated rings. The van der Waals surface area contributed by atoms with E-state index in [0.717, 1.165) is 0 Å². The average molecular weight is 157 g/mol.